The third-order valence-corrected chi connectivity index (χ3v) is 13.1. The zero-order valence-corrected chi connectivity index (χ0v) is 34.1. The van der Waals surface area contributed by atoms with E-state index in [2.05, 4.69) is 254 Å². The topological polar surface area (TPSA) is 3.24 Å². The van der Waals surface area contributed by atoms with Crippen molar-refractivity contribution in [3.8, 4) is 33.4 Å². The second-order valence-electron chi connectivity index (χ2n) is 16.3. The fourth-order valence-corrected chi connectivity index (χ4v) is 10.6. The van der Waals surface area contributed by atoms with Crippen molar-refractivity contribution in [1.82, 2.24) is 0 Å². The molecule has 1 aliphatic rings. The van der Waals surface area contributed by atoms with Gasteiger partial charge in [0.15, 0.2) is 0 Å². The molecule has 0 saturated carbocycles. The molecule has 0 saturated heterocycles. The summed E-state index contributed by atoms with van der Waals surface area (Å²) in [6, 6.07) is 91.7. The maximum Gasteiger partial charge on any atom is 0.0714 e. The number of fused-ring (bicyclic) bond motifs is 7. The molecule has 0 spiro atoms. The van der Waals surface area contributed by atoms with Crippen molar-refractivity contribution in [2.45, 2.75) is 5.41 Å². The number of nitrogens with zero attached hydrogens (tertiary/aromatic N) is 1. The van der Waals surface area contributed by atoms with E-state index in [-0.39, 0.29) is 0 Å². The Balaban J connectivity index is 1.18. The van der Waals surface area contributed by atoms with E-state index < -0.39 is 5.41 Å². The average molecular weight is 788 g/mol. The minimum absolute atomic E-state index is 0.522. The zero-order valence-electron chi connectivity index (χ0n) is 34.1. The van der Waals surface area contributed by atoms with Crippen LogP contribution in [0.25, 0.3) is 65.7 Å². The molecule has 0 unspecified atom stereocenters. The van der Waals surface area contributed by atoms with Gasteiger partial charge in [0.25, 0.3) is 0 Å². The van der Waals surface area contributed by atoms with Crippen molar-refractivity contribution in [2.24, 2.45) is 0 Å². The molecule has 1 heteroatoms. The molecule has 62 heavy (non-hydrogen) atoms. The molecule has 0 heterocycles. The molecule has 0 amide bonds. The van der Waals surface area contributed by atoms with E-state index in [9.17, 15) is 0 Å². The summed E-state index contributed by atoms with van der Waals surface area (Å²) < 4.78 is 0. The predicted octanol–water partition coefficient (Wildman–Crippen LogP) is 16.3. The van der Waals surface area contributed by atoms with Gasteiger partial charge in [-0.15, -0.1) is 0 Å². The normalized spacial score (nSPS) is 12.6. The van der Waals surface area contributed by atoms with Gasteiger partial charge in [-0.2, -0.15) is 0 Å². The molecule has 290 valence electrons. The molecule has 11 aromatic carbocycles. The highest BCUT2D eigenvalue weighted by Gasteiger charge is 2.47. The Morgan fingerprint density at radius 3 is 1.45 bits per heavy atom. The summed E-state index contributed by atoms with van der Waals surface area (Å²) in [7, 11) is 0. The first-order valence-electron chi connectivity index (χ1n) is 21.5. The quantitative estimate of drug-likeness (QED) is 0.145. The Kier molecular flexibility index (Phi) is 8.47. The van der Waals surface area contributed by atoms with Crippen LogP contribution in [0.3, 0.4) is 0 Å². The summed E-state index contributed by atoms with van der Waals surface area (Å²) in [6.07, 6.45) is 0. The van der Waals surface area contributed by atoms with Crippen molar-refractivity contribution >= 4 is 49.4 Å². The highest BCUT2D eigenvalue weighted by atomic mass is 15.1. The maximum absolute atomic E-state index is 2.53. The number of anilines is 3. The van der Waals surface area contributed by atoms with E-state index >= 15 is 0 Å². The lowest BCUT2D eigenvalue weighted by Gasteiger charge is -2.34. The summed E-state index contributed by atoms with van der Waals surface area (Å²) in [4.78, 5) is 2.53. The second-order valence-corrected chi connectivity index (χ2v) is 16.3. The van der Waals surface area contributed by atoms with Gasteiger partial charge >= 0.3 is 0 Å². The Bertz CT molecular complexity index is 3420. The molecule has 0 aliphatic heterocycles. The molecule has 1 aliphatic carbocycles. The number of hydrogen-bond acceptors (Lipinski definition) is 1. The van der Waals surface area contributed by atoms with E-state index in [1.54, 1.807) is 0 Å². The smallest absolute Gasteiger partial charge is 0.0714 e. The van der Waals surface area contributed by atoms with E-state index in [1.807, 2.05) is 0 Å². The summed E-state index contributed by atoms with van der Waals surface area (Å²) >= 11 is 0. The van der Waals surface area contributed by atoms with Gasteiger partial charge in [0, 0.05) is 16.6 Å². The SMILES string of the molecule is c1ccc(-c2c(-c3cccc(N(c4cccc5c4-c4ccccc4C5(c4ccccc4)c4ccccc4)c4cccc5ccccc45)c3)c3ccccc3c3ccccc23)cc1. The summed E-state index contributed by atoms with van der Waals surface area (Å²) in [6.45, 7) is 0. The van der Waals surface area contributed by atoms with Gasteiger partial charge in [0.2, 0.25) is 0 Å². The van der Waals surface area contributed by atoms with Crippen molar-refractivity contribution in [3.05, 3.63) is 271 Å². The zero-order chi connectivity index (χ0) is 41.0. The van der Waals surface area contributed by atoms with Crippen molar-refractivity contribution in [2.75, 3.05) is 4.90 Å². The van der Waals surface area contributed by atoms with Crippen LogP contribution in [-0.4, -0.2) is 0 Å². The molecule has 0 radical (unpaired) electrons. The molecule has 0 atom stereocenters. The van der Waals surface area contributed by atoms with Gasteiger partial charge < -0.3 is 4.90 Å². The van der Waals surface area contributed by atoms with Crippen LogP contribution in [-0.2, 0) is 5.41 Å². The lowest BCUT2D eigenvalue weighted by molar-refractivity contribution is 0.768. The average Bonchev–Trinajstić information content (AvgIpc) is 3.66. The highest BCUT2D eigenvalue weighted by molar-refractivity contribution is 6.21. The van der Waals surface area contributed by atoms with Gasteiger partial charge in [-0.1, -0.05) is 224 Å². The van der Waals surface area contributed by atoms with Gasteiger partial charge in [-0.05, 0) is 101 Å². The fraction of sp³-hybridized carbons (Fsp3) is 0.0164. The third kappa shape index (κ3) is 5.42. The van der Waals surface area contributed by atoms with Gasteiger partial charge in [0.05, 0.1) is 16.8 Å². The molecule has 0 N–H and O–H groups in total. The molecule has 1 nitrogen and oxygen atoms in total. The largest absolute Gasteiger partial charge is 0.309 e. The van der Waals surface area contributed by atoms with Gasteiger partial charge in [0.1, 0.15) is 0 Å². The third-order valence-electron chi connectivity index (χ3n) is 13.1. The molecular formula is C61H41N. The lowest BCUT2D eigenvalue weighted by Crippen LogP contribution is -2.28. The Morgan fingerprint density at radius 2 is 0.758 bits per heavy atom. The second kappa shape index (κ2) is 14.6. The van der Waals surface area contributed by atoms with Gasteiger partial charge in [-0.25, -0.2) is 0 Å². The minimum atomic E-state index is -0.522. The van der Waals surface area contributed by atoms with E-state index in [4.69, 9.17) is 0 Å². The van der Waals surface area contributed by atoms with Crippen LogP contribution in [0.5, 0.6) is 0 Å². The summed E-state index contributed by atoms with van der Waals surface area (Å²) in [5, 5.41) is 7.41. The Hall–Kier alpha value is -8.00. The van der Waals surface area contributed by atoms with E-state index in [1.165, 1.54) is 88.0 Å². The lowest BCUT2D eigenvalue weighted by atomic mass is 9.68. The highest BCUT2D eigenvalue weighted by Crippen LogP contribution is 2.60. The molecule has 0 bridgehead atoms. The van der Waals surface area contributed by atoms with Crippen molar-refractivity contribution < 1.29 is 0 Å². The van der Waals surface area contributed by atoms with Crippen LogP contribution in [0.1, 0.15) is 22.3 Å². The minimum Gasteiger partial charge on any atom is -0.309 e. The molecule has 12 rings (SSSR count). The first-order chi connectivity index (χ1) is 30.8. The van der Waals surface area contributed by atoms with Crippen LogP contribution >= 0.6 is 0 Å². The number of benzene rings is 11. The summed E-state index contributed by atoms with van der Waals surface area (Å²) in [5.41, 5.74) is 15.3. The van der Waals surface area contributed by atoms with Crippen molar-refractivity contribution in [1.29, 1.82) is 0 Å². The monoisotopic (exact) mass is 787 g/mol. The Labute approximate surface area is 362 Å². The number of rotatable bonds is 7. The fourth-order valence-electron chi connectivity index (χ4n) is 10.6. The maximum atomic E-state index is 2.53. The van der Waals surface area contributed by atoms with Crippen LogP contribution in [0.15, 0.2) is 249 Å². The van der Waals surface area contributed by atoms with Crippen LogP contribution in [0, 0.1) is 0 Å². The molecule has 0 fully saturated rings. The van der Waals surface area contributed by atoms with E-state index in [0.717, 1.165) is 17.1 Å². The van der Waals surface area contributed by atoms with E-state index in [0.29, 0.717) is 0 Å². The van der Waals surface area contributed by atoms with Crippen LogP contribution in [0.4, 0.5) is 17.1 Å². The first-order valence-corrected chi connectivity index (χ1v) is 21.5. The number of hydrogen-bond donors (Lipinski definition) is 0. The summed E-state index contributed by atoms with van der Waals surface area (Å²) in [5.74, 6) is 0. The van der Waals surface area contributed by atoms with Crippen LogP contribution < -0.4 is 4.90 Å². The molecular weight excluding hydrogens is 747 g/mol. The molecule has 0 aromatic heterocycles. The van der Waals surface area contributed by atoms with Crippen LogP contribution in [0.2, 0.25) is 0 Å². The Morgan fingerprint density at radius 1 is 0.290 bits per heavy atom. The first kappa shape index (κ1) is 35.9. The standard InChI is InChI=1S/C61H41N/c1-4-22-43(23-5-1)58-51-34-14-12-32-49(51)50-33-13-15-35-52(50)59(58)44-25-18-30-47(41-44)62(56-39-19-24-42-21-10-11-31-48(42)56)57-40-20-38-55-60(57)53-36-16-17-37-54(53)61(55,45-26-6-2-7-27-45)46-28-8-3-9-29-46/h1-41H. The van der Waals surface area contributed by atoms with Crippen molar-refractivity contribution in [3.63, 3.8) is 0 Å². The van der Waals surface area contributed by atoms with Gasteiger partial charge in [-0.3, -0.25) is 0 Å². The molecule has 11 aromatic rings. The predicted molar refractivity (Wildman–Crippen MR) is 262 cm³/mol.